The van der Waals surface area contributed by atoms with Crippen LogP contribution in [-0.4, -0.2) is 63.9 Å². The second-order valence-corrected chi connectivity index (χ2v) is 8.22. The molecule has 10 heteroatoms. The molecule has 0 aromatic carbocycles. The van der Waals surface area contributed by atoms with Gasteiger partial charge in [0.15, 0.2) is 0 Å². The van der Waals surface area contributed by atoms with Gasteiger partial charge in [-0.05, 0) is 43.4 Å². The highest BCUT2D eigenvalue weighted by Gasteiger charge is 2.23. The van der Waals surface area contributed by atoms with Crippen LogP contribution >= 0.6 is 0 Å². The highest BCUT2D eigenvalue weighted by molar-refractivity contribution is 6.02. The number of hydrogen-bond donors (Lipinski definition) is 3. The van der Waals surface area contributed by atoms with Gasteiger partial charge in [0, 0.05) is 38.2 Å². The number of anilines is 1. The number of amides is 1. The lowest BCUT2D eigenvalue weighted by atomic mass is 9.93. The van der Waals surface area contributed by atoms with Gasteiger partial charge in [0.25, 0.3) is 5.91 Å². The maximum absolute atomic E-state index is 12.2. The van der Waals surface area contributed by atoms with E-state index in [1.54, 1.807) is 32.0 Å². The number of hydrogen-bond acceptors (Lipinski definition) is 7. The Morgan fingerprint density at radius 1 is 1.21 bits per heavy atom. The minimum absolute atomic E-state index is 0.183. The topological polar surface area (TPSA) is 118 Å². The Hall–Kier alpha value is -3.66. The Balaban J connectivity index is 1.49. The number of aromatic amines is 1. The summed E-state index contributed by atoms with van der Waals surface area (Å²) >= 11 is 0. The summed E-state index contributed by atoms with van der Waals surface area (Å²) in [6, 6.07) is 4.18. The van der Waals surface area contributed by atoms with Crippen molar-refractivity contribution in [2.75, 3.05) is 26.6 Å². The number of fused-ring (bicyclic) bond motifs is 2. The number of rotatable bonds is 6. The standard InChI is InChI=1S/C23H27N7O3/c1-24-21(31)17-12-26-30-9-8-13(10-18(17)30)16-11-25-20-19(16)22(33-3)29-23(28-20)27-14-4-6-15(32-2)7-5-14/h8-12,14-15H,4-7H2,1-3H3,(H,24,31)(H2,25,27,28,29). The first-order valence-electron chi connectivity index (χ1n) is 11.0. The molecule has 10 nitrogen and oxygen atoms in total. The van der Waals surface area contributed by atoms with Gasteiger partial charge in [-0.2, -0.15) is 15.1 Å². The molecule has 1 aliphatic rings. The minimum atomic E-state index is -0.183. The number of carbonyl (C=O) groups excluding carboxylic acids is 1. The summed E-state index contributed by atoms with van der Waals surface area (Å²) in [4.78, 5) is 24.8. The predicted octanol–water partition coefficient (Wildman–Crippen LogP) is 3.01. The van der Waals surface area contributed by atoms with E-state index in [4.69, 9.17) is 14.5 Å². The van der Waals surface area contributed by atoms with Crippen LogP contribution in [0, 0.1) is 0 Å². The summed E-state index contributed by atoms with van der Waals surface area (Å²) in [7, 11) is 4.98. The Kier molecular flexibility index (Phi) is 5.59. The second-order valence-electron chi connectivity index (χ2n) is 8.22. The number of methoxy groups -OCH3 is 2. The molecule has 0 bridgehead atoms. The second kappa shape index (κ2) is 8.70. The van der Waals surface area contributed by atoms with E-state index >= 15 is 0 Å². The fraction of sp³-hybridized carbons (Fsp3) is 0.391. The summed E-state index contributed by atoms with van der Waals surface area (Å²) in [5.74, 6) is 0.850. The molecule has 0 aliphatic heterocycles. The summed E-state index contributed by atoms with van der Waals surface area (Å²) in [6.45, 7) is 0. The Labute approximate surface area is 190 Å². The van der Waals surface area contributed by atoms with Crippen molar-refractivity contribution in [3.8, 4) is 17.0 Å². The van der Waals surface area contributed by atoms with Crippen LogP contribution in [0.25, 0.3) is 27.7 Å². The Morgan fingerprint density at radius 3 is 2.76 bits per heavy atom. The molecule has 4 heterocycles. The lowest BCUT2D eigenvalue weighted by Crippen LogP contribution is -2.29. The maximum Gasteiger partial charge on any atom is 0.254 e. The fourth-order valence-corrected chi connectivity index (χ4v) is 4.52. The summed E-state index contributed by atoms with van der Waals surface area (Å²) in [6.07, 6.45) is 9.69. The molecule has 4 aromatic heterocycles. The van der Waals surface area contributed by atoms with E-state index in [-0.39, 0.29) is 5.91 Å². The summed E-state index contributed by atoms with van der Waals surface area (Å²) in [5.41, 5.74) is 3.70. The highest BCUT2D eigenvalue weighted by Crippen LogP contribution is 2.35. The van der Waals surface area contributed by atoms with Gasteiger partial charge in [-0.25, -0.2) is 4.52 Å². The van der Waals surface area contributed by atoms with Gasteiger partial charge in [0.05, 0.1) is 35.9 Å². The van der Waals surface area contributed by atoms with Gasteiger partial charge >= 0.3 is 0 Å². The van der Waals surface area contributed by atoms with Crippen molar-refractivity contribution in [1.82, 2.24) is 29.9 Å². The molecular weight excluding hydrogens is 422 g/mol. The van der Waals surface area contributed by atoms with Crippen LogP contribution in [0.5, 0.6) is 5.88 Å². The molecule has 3 N–H and O–H groups in total. The zero-order valence-electron chi connectivity index (χ0n) is 18.9. The molecule has 5 rings (SSSR count). The molecule has 0 saturated heterocycles. The SMILES string of the molecule is CNC(=O)c1cnn2ccc(-c3c[nH]c4nc(NC5CCC(OC)CC5)nc(OC)c34)cc12. The quantitative estimate of drug-likeness (QED) is 0.414. The third-order valence-corrected chi connectivity index (χ3v) is 6.34. The zero-order chi connectivity index (χ0) is 22.9. The van der Waals surface area contributed by atoms with E-state index in [1.165, 1.54) is 0 Å². The molecular formula is C23H27N7O3. The maximum atomic E-state index is 12.2. The number of pyridine rings is 1. The normalized spacial score (nSPS) is 18.5. The van der Waals surface area contributed by atoms with Crippen LogP contribution in [0.2, 0.25) is 0 Å². The average Bonchev–Trinajstić information content (AvgIpc) is 3.47. The number of carbonyl (C=O) groups is 1. The van der Waals surface area contributed by atoms with Crippen molar-refractivity contribution in [1.29, 1.82) is 0 Å². The van der Waals surface area contributed by atoms with Gasteiger partial charge in [0.1, 0.15) is 5.65 Å². The predicted molar refractivity (Wildman–Crippen MR) is 125 cm³/mol. The smallest absolute Gasteiger partial charge is 0.254 e. The van der Waals surface area contributed by atoms with Crippen LogP contribution in [0.15, 0.2) is 30.7 Å². The number of H-pyrrole nitrogens is 1. The van der Waals surface area contributed by atoms with E-state index in [0.29, 0.717) is 40.7 Å². The number of nitrogens with zero attached hydrogens (tertiary/aromatic N) is 4. The molecule has 1 amide bonds. The van der Waals surface area contributed by atoms with Crippen molar-refractivity contribution < 1.29 is 14.3 Å². The first kappa shape index (κ1) is 21.2. The van der Waals surface area contributed by atoms with Gasteiger partial charge in [0.2, 0.25) is 11.8 Å². The van der Waals surface area contributed by atoms with Crippen molar-refractivity contribution in [3.63, 3.8) is 0 Å². The van der Waals surface area contributed by atoms with Crippen molar-refractivity contribution >= 4 is 28.4 Å². The first-order chi connectivity index (χ1) is 16.1. The number of nitrogens with one attached hydrogen (secondary N) is 3. The fourth-order valence-electron chi connectivity index (χ4n) is 4.52. The van der Waals surface area contributed by atoms with Gasteiger partial charge in [-0.1, -0.05) is 0 Å². The van der Waals surface area contributed by atoms with Crippen LogP contribution in [0.4, 0.5) is 5.95 Å². The molecule has 1 fully saturated rings. The molecule has 172 valence electrons. The van der Waals surface area contributed by atoms with Gasteiger partial charge in [-0.15, -0.1) is 0 Å². The third kappa shape index (κ3) is 3.86. The van der Waals surface area contributed by atoms with E-state index < -0.39 is 0 Å². The Bertz CT molecular complexity index is 1300. The number of ether oxygens (including phenoxy) is 2. The molecule has 0 spiro atoms. The largest absolute Gasteiger partial charge is 0.480 e. The van der Waals surface area contributed by atoms with E-state index in [9.17, 15) is 4.79 Å². The molecule has 1 aliphatic carbocycles. The highest BCUT2D eigenvalue weighted by atomic mass is 16.5. The van der Waals surface area contributed by atoms with Crippen LogP contribution in [0.1, 0.15) is 36.0 Å². The van der Waals surface area contributed by atoms with E-state index in [0.717, 1.165) is 42.2 Å². The summed E-state index contributed by atoms with van der Waals surface area (Å²) in [5, 5.41) is 11.2. The molecule has 0 unspecified atom stereocenters. The van der Waals surface area contributed by atoms with Crippen LogP contribution in [-0.2, 0) is 4.74 Å². The lowest BCUT2D eigenvalue weighted by Gasteiger charge is -2.28. The summed E-state index contributed by atoms with van der Waals surface area (Å²) < 4.78 is 12.8. The minimum Gasteiger partial charge on any atom is -0.480 e. The molecule has 33 heavy (non-hydrogen) atoms. The first-order valence-corrected chi connectivity index (χ1v) is 11.0. The van der Waals surface area contributed by atoms with Gasteiger partial charge in [-0.3, -0.25) is 4.79 Å². The molecule has 0 atom stereocenters. The Morgan fingerprint density at radius 2 is 2.03 bits per heavy atom. The molecule has 0 radical (unpaired) electrons. The molecule has 1 saturated carbocycles. The van der Waals surface area contributed by atoms with Crippen LogP contribution in [0.3, 0.4) is 0 Å². The van der Waals surface area contributed by atoms with Crippen molar-refractivity contribution in [2.24, 2.45) is 0 Å². The van der Waals surface area contributed by atoms with Crippen molar-refractivity contribution in [3.05, 3.63) is 36.3 Å². The lowest BCUT2D eigenvalue weighted by molar-refractivity contribution is 0.0681. The zero-order valence-corrected chi connectivity index (χ0v) is 18.9. The van der Waals surface area contributed by atoms with Gasteiger partial charge < -0.3 is 25.1 Å². The van der Waals surface area contributed by atoms with Crippen molar-refractivity contribution in [2.45, 2.75) is 37.8 Å². The monoisotopic (exact) mass is 449 g/mol. The third-order valence-electron chi connectivity index (χ3n) is 6.34. The van der Waals surface area contributed by atoms with E-state index in [1.807, 2.05) is 24.5 Å². The average molecular weight is 450 g/mol. The van der Waals surface area contributed by atoms with Crippen LogP contribution < -0.4 is 15.4 Å². The number of aromatic nitrogens is 5. The van der Waals surface area contributed by atoms with E-state index in [2.05, 4.69) is 25.7 Å². The molecule has 4 aromatic rings.